The number of piperidine rings is 1. The fourth-order valence-electron chi connectivity index (χ4n) is 2.90. The smallest absolute Gasteiger partial charge is 0.261 e. The van der Waals surface area contributed by atoms with E-state index < -0.39 is 0 Å². The van der Waals surface area contributed by atoms with E-state index in [1.807, 2.05) is 18.1 Å². The van der Waals surface area contributed by atoms with Crippen molar-refractivity contribution >= 4 is 41.0 Å². The molecule has 5 nitrogen and oxygen atoms in total. The molecule has 1 fully saturated rings. The van der Waals surface area contributed by atoms with Crippen LogP contribution in [0, 0.1) is 0 Å². The molecular weight excluding hydrogens is 321 g/mol. The molecule has 0 atom stereocenters. The minimum absolute atomic E-state index is 0.365. The zero-order valence-corrected chi connectivity index (χ0v) is 13.5. The van der Waals surface area contributed by atoms with Gasteiger partial charge in [0.1, 0.15) is 13.1 Å². The molecule has 0 bridgehead atoms. The number of quaternary nitrogens is 1. The van der Waals surface area contributed by atoms with Gasteiger partial charge in [-0.15, -0.1) is 6.01 Å². The first-order chi connectivity index (χ1) is 10.6. The molecule has 0 unspecified atom stereocenters. The summed E-state index contributed by atoms with van der Waals surface area (Å²) in [5, 5.41) is 14.7. The SMILES string of the molecule is [N-]=C=NC1=NC(Cc2ccc(Cl)c(Cl)c2)=N[N+]12CCCCC2. The van der Waals surface area contributed by atoms with E-state index in [9.17, 15) is 0 Å². The zero-order chi connectivity index (χ0) is 15.6. The van der Waals surface area contributed by atoms with Crippen LogP contribution in [0.25, 0.3) is 5.41 Å². The van der Waals surface area contributed by atoms with Gasteiger partial charge in [0.05, 0.1) is 10.0 Å². The molecule has 114 valence electrons. The van der Waals surface area contributed by atoms with E-state index in [2.05, 4.69) is 9.98 Å². The summed E-state index contributed by atoms with van der Waals surface area (Å²) in [5.74, 6) is 1.20. The van der Waals surface area contributed by atoms with Crippen LogP contribution in [0.5, 0.6) is 0 Å². The molecule has 0 saturated carbocycles. The Kier molecular flexibility index (Phi) is 4.41. The molecule has 2 heterocycles. The van der Waals surface area contributed by atoms with Gasteiger partial charge >= 0.3 is 0 Å². The van der Waals surface area contributed by atoms with Crippen LogP contribution in [0.15, 0.2) is 33.3 Å². The maximum atomic E-state index is 8.89. The van der Waals surface area contributed by atoms with Gasteiger partial charge in [0, 0.05) is 6.42 Å². The first-order valence-electron chi connectivity index (χ1n) is 7.22. The number of amidine groups is 1. The molecule has 0 aliphatic carbocycles. The molecule has 7 heteroatoms. The average Bonchev–Trinajstić information content (AvgIpc) is 2.81. The van der Waals surface area contributed by atoms with Crippen molar-refractivity contribution in [1.29, 1.82) is 0 Å². The summed E-state index contributed by atoms with van der Waals surface area (Å²) in [4.78, 5) is 8.37. The van der Waals surface area contributed by atoms with Crippen molar-refractivity contribution in [2.75, 3.05) is 13.1 Å². The van der Waals surface area contributed by atoms with Gasteiger partial charge in [0.2, 0.25) is 0 Å². The second-order valence-corrected chi connectivity index (χ2v) is 6.31. The molecule has 2 aliphatic heterocycles. The Bertz CT molecular complexity index is 698. The van der Waals surface area contributed by atoms with Gasteiger partial charge in [-0.2, -0.15) is 9.58 Å². The molecule has 0 radical (unpaired) electrons. The van der Waals surface area contributed by atoms with Crippen LogP contribution in [0.1, 0.15) is 24.8 Å². The third kappa shape index (κ3) is 2.99. The van der Waals surface area contributed by atoms with Gasteiger partial charge < -0.3 is 10.4 Å². The Morgan fingerprint density at radius 2 is 1.95 bits per heavy atom. The minimum Gasteiger partial charge on any atom is -0.422 e. The van der Waals surface area contributed by atoms with Crippen molar-refractivity contribution in [2.45, 2.75) is 25.7 Å². The van der Waals surface area contributed by atoms with Crippen molar-refractivity contribution in [3.8, 4) is 0 Å². The van der Waals surface area contributed by atoms with Crippen LogP contribution in [0.2, 0.25) is 10.0 Å². The summed E-state index contributed by atoms with van der Waals surface area (Å²) in [5.41, 5.74) is 0.991. The van der Waals surface area contributed by atoms with Crippen LogP contribution >= 0.6 is 23.2 Å². The predicted octanol–water partition coefficient (Wildman–Crippen LogP) is 3.96. The average molecular weight is 336 g/mol. The molecular formula is C15H15Cl2N5. The fraction of sp³-hybridized carbons (Fsp3) is 0.400. The fourth-order valence-corrected chi connectivity index (χ4v) is 3.22. The van der Waals surface area contributed by atoms with Crippen molar-refractivity contribution < 1.29 is 4.59 Å². The third-order valence-electron chi connectivity index (χ3n) is 3.96. The molecule has 1 saturated heterocycles. The number of aliphatic imine (C=N–C) groups is 2. The van der Waals surface area contributed by atoms with Crippen LogP contribution in [0.3, 0.4) is 0 Å². The van der Waals surface area contributed by atoms with Gasteiger partial charge in [0.25, 0.3) is 5.96 Å². The summed E-state index contributed by atoms with van der Waals surface area (Å²) in [7, 11) is 0. The maximum absolute atomic E-state index is 8.89. The monoisotopic (exact) mass is 335 g/mol. The van der Waals surface area contributed by atoms with Crippen LogP contribution < -0.4 is 0 Å². The van der Waals surface area contributed by atoms with Crippen molar-refractivity contribution in [3.05, 3.63) is 39.2 Å². The number of rotatable bonds is 2. The van der Waals surface area contributed by atoms with Gasteiger partial charge in [-0.1, -0.05) is 34.4 Å². The molecule has 22 heavy (non-hydrogen) atoms. The summed E-state index contributed by atoms with van der Waals surface area (Å²) in [6.07, 6.45) is 3.89. The van der Waals surface area contributed by atoms with Gasteiger partial charge in [-0.05, 0) is 37.0 Å². The Labute approximate surface area is 139 Å². The van der Waals surface area contributed by atoms with E-state index in [1.165, 1.54) is 6.42 Å². The molecule has 0 amide bonds. The molecule has 1 aromatic carbocycles. The Morgan fingerprint density at radius 3 is 2.64 bits per heavy atom. The van der Waals surface area contributed by atoms with Crippen molar-refractivity contribution in [2.24, 2.45) is 15.1 Å². The zero-order valence-electron chi connectivity index (χ0n) is 12.0. The topological polar surface area (TPSA) is 59.4 Å². The Hall–Kier alpha value is -1.52. The second kappa shape index (κ2) is 6.31. The van der Waals surface area contributed by atoms with Gasteiger partial charge in [-0.3, -0.25) is 0 Å². The first kappa shape index (κ1) is 15.4. The maximum Gasteiger partial charge on any atom is 0.261 e. The number of halogens is 2. The second-order valence-electron chi connectivity index (χ2n) is 5.50. The van der Waals surface area contributed by atoms with Crippen molar-refractivity contribution in [1.82, 2.24) is 0 Å². The lowest BCUT2D eigenvalue weighted by Gasteiger charge is -2.32. The number of hydrogen-bond donors (Lipinski definition) is 0. The van der Waals surface area contributed by atoms with Gasteiger partial charge in [-0.25, -0.2) is 0 Å². The number of guanidine groups is 1. The summed E-state index contributed by atoms with van der Waals surface area (Å²) in [6.45, 7) is 1.71. The number of hydrogen-bond acceptors (Lipinski definition) is 3. The highest BCUT2D eigenvalue weighted by atomic mass is 35.5. The number of benzene rings is 1. The van der Waals surface area contributed by atoms with Gasteiger partial charge in [0.15, 0.2) is 5.84 Å². The highest BCUT2D eigenvalue weighted by Gasteiger charge is 2.39. The molecule has 3 rings (SSSR count). The normalized spacial score (nSPS) is 19.5. The highest BCUT2D eigenvalue weighted by molar-refractivity contribution is 6.42. The largest absolute Gasteiger partial charge is 0.422 e. The quantitative estimate of drug-likeness (QED) is 0.580. The lowest BCUT2D eigenvalue weighted by atomic mass is 10.1. The van der Waals surface area contributed by atoms with Crippen LogP contribution in [0.4, 0.5) is 0 Å². The van der Waals surface area contributed by atoms with E-state index in [-0.39, 0.29) is 0 Å². The van der Waals surface area contributed by atoms with E-state index in [1.54, 1.807) is 6.07 Å². The lowest BCUT2D eigenvalue weighted by molar-refractivity contribution is -0.852. The lowest BCUT2D eigenvalue weighted by Crippen LogP contribution is -2.49. The van der Waals surface area contributed by atoms with E-state index >= 15 is 0 Å². The predicted molar refractivity (Wildman–Crippen MR) is 89.7 cm³/mol. The minimum atomic E-state index is 0.365. The molecule has 1 spiro atoms. The molecule has 2 aliphatic rings. The van der Waals surface area contributed by atoms with E-state index in [0.29, 0.717) is 32.9 Å². The first-order valence-corrected chi connectivity index (χ1v) is 7.98. The molecule has 0 N–H and O–H groups in total. The summed E-state index contributed by atoms with van der Waals surface area (Å²) >= 11 is 12.0. The summed E-state index contributed by atoms with van der Waals surface area (Å²) in [6, 6.07) is 7.35. The molecule has 0 aromatic heterocycles. The Balaban J connectivity index is 1.88. The summed E-state index contributed by atoms with van der Waals surface area (Å²) < 4.78 is 0.365. The Morgan fingerprint density at radius 1 is 1.18 bits per heavy atom. The molecule has 1 aromatic rings. The van der Waals surface area contributed by atoms with Crippen LogP contribution in [-0.2, 0) is 6.42 Å². The third-order valence-corrected chi connectivity index (χ3v) is 4.70. The van der Waals surface area contributed by atoms with Crippen LogP contribution in [-0.4, -0.2) is 35.5 Å². The number of nitrogens with zero attached hydrogens (tertiary/aromatic N) is 5. The van der Waals surface area contributed by atoms with E-state index in [0.717, 1.165) is 31.5 Å². The standard InChI is InChI=1S/C15H15Cl2N5/c16-12-5-4-11(8-13(12)17)9-14-20-15(19-10-18)22(21-14)6-2-1-3-7-22/h4-5,8H,1-3,6-7,9H2. The van der Waals surface area contributed by atoms with E-state index in [4.69, 9.17) is 33.7 Å². The highest BCUT2D eigenvalue weighted by Crippen LogP contribution is 2.27. The van der Waals surface area contributed by atoms with Crippen molar-refractivity contribution in [3.63, 3.8) is 0 Å².